The van der Waals surface area contributed by atoms with Crippen molar-refractivity contribution >= 4 is 81.7 Å². The lowest BCUT2D eigenvalue weighted by Crippen LogP contribution is -2.26. The van der Waals surface area contributed by atoms with Gasteiger partial charge in [0.15, 0.2) is 0 Å². The van der Waals surface area contributed by atoms with E-state index >= 15 is 0 Å². The van der Waals surface area contributed by atoms with Gasteiger partial charge in [-0.05, 0) is 169 Å². The van der Waals surface area contributed by atoms with Gasteiger partial charge in [-0.15, -0.1) is 0 Å². The highest BCUT2D eigenvalue weighted by Crippen LogP contribution is 2.63. The van der Waals surface area contributed by atoms with E-state index in [9.17, 15) is 0 Å². The molecule has 68 heavy (non-hydrogen) atoms. The number of benzene rings is 13. The van der Waals surface area contributed by atoms with Crippen LogP contribution in [0.1, 0.15) is 22.3 Å². The molecule has 0 radical (unpaired) electrons. The van der Waals surface area contributed by atoms with Crippen molar-refractivity contribution in [2.75, 3.05) is 4.90 Å². The maximum Gasteiger partial charge on any atom is 0.0726 e. The number of rotatable bonds is 5. The molecule has 0 aliphatic heterocycles. The molecule has 1 spiro atoms. The van der Waals surface area contributed by atoms with Gasteiger partial charge in [0.05, 0.1) is 5.41 Å². The van der Waals surface area contributed by atoms with E-state index in [2.05, 4.69) is 254 Å². The van der Waals surface area contributed by atoms with Crippen LogP contribution in [-0.2, 0) is 5.41 Å². The van der Waals surface area contributed by atoms with Gasteiger partial charge in [0, 0.05) is 17.1 Å². The van der Waals surface area contributed by atoms with Crippen LogP contribution in [0.4, 0.5) is 17.1 Å². The third-order valence-electron chi connectivity index (χ3n) is 15.3. The fourth-order valence-electron chi connectivity index (χ4n) is 12.6. The predicted octanol–water partition coefficient (Wildman–Crippen LogP) is 18.1. The van der Waals surface area contributed by atoms with Crippen molar-refractivity contribution in [2.45, 2.75) is 5.41 Å². The summed E-state index contributed by atoms with van der Waals surface area (Å²) in [7, 11) is 0. The Hall–Kier alpha value is -8.78. The average Bonchev–Trinajstić information content (AvgIpc) is 3.88. The number of fused-ring (bicyclic) bond motifs is 11. The SMILES string of the molecule is c1ccc2c(c1)-c1ccccc1C21c2cccc3ccc4cc(-c5c6ccccc6c(-c6ccc(N(c7ccc8ccccc8c7)c7ccc8ccccc8c7)cc6)c6ccccc56)cc1c4c23. The first kappa shape index (κ1) is 37.4. The van der Waals surface area contributed by atoms with Gasteiger partial charge < -0.3 is 4.90 Å². The van der Waals surface area contributed by atoms with Crippen molar-refractivity contribution in [3.8, 4) is 33.4 Å². The first-order valence-corrected chi connectivity index (χ1v) is 23.7. The summed E-state index contributed by atoms with van der Waals surface area (Å²) in [6.45, 7) is 0. The lowest BCUT2D eigenvalue weighted by molar-refractivity contribution is 0.797. The largest absolute Gasteiger partial charge is 0.310 e. The van der Waals surface area contributed by atoms with E-state index in [1.165, 1.54) is 120 Å². The van der Waals surface area contributed by atoms with Crippen molar-refractivity contribution in [1.29, 1.82) is 0 Å². The lowest BCUT2D eigenvalue weighted by Gasteiger charge is -2.31. The van der Waals surface area contributed by atoms with Gasteiger partial charge in [0.25, 0.3) is 0 Å². The molecule has 0 atom stereocenters. The second kappa shape index (κ2) is 14.1. The monoisotopic (exact) mass is 859 g/mol. The molecule has 0 saturated heterocycles. The highest BCUT2D eigenvalue weighted by molar-refractivity contribution is 6.24. The van der Waals surface area contributed by atoms with Crippen LogP contribution in [0.5, 0.6) is 0 Å². The zero-order chi connectivity index (χ0) is 44.5. The zero-order valence-corrected chi connectivity index (χ0v) is 37.1. The molecule has 0 aromatic heterocycles. The first-order chi connectivity index (χ1) is 33.7. The highest BCUT2D eigenvalue weighted by Gasteiger charge is 2.50. The molecule has 0 bridgehead atoms. The maximum absolute atomic E-state index is 2.57. The smallest absolute Gasteiger partial charge is 0.0726 e. The summed E-state index contributed by atoms with van der Waals surface area (Å²) in [4.78, 5) is 2.39. The number of anilines is 3. The van der Waals surface area contributed by atoms with E-state index in [0.29, 0.717) is 0 Å². The molecule has 0 saturated carbocycles. The maximum atomic E-state index is 2.57. The van der Waals surface area contributed by atoms with E-state index in [4.69, 9.17) is 0 Å². The molecule has 1 nitrogen and oxygen atoms in total. The fourth-order valence-corrected chi connectivity index (χ4v) is 12.6. The molecule has 2 aliphatic carbocycles. The summed E-state index contributed by atoms with van der Waals surface area (Å²) in [6.07, 6.45) is 0. The number of nitrogens with zero attached hydrogens (tertiary/aromatic N) is 1. The summed E-state index contributed by atoms with van der Waals surface area (Å²) >= 11 is 0. The van der Waals surface area contributed by atoms with Gasteiger partial charge >= 0.3 is 0 Å². The van der Waals surface area contributed by atoms with Crippen LogP contribution in [0.3, 0.4) is 0 Å². The second-order valence-electron chi connectivity index (χ2n) is 18.7. The molecule has 15 rings (SSSR count). The minimum Gasteiger partial charge on any atom is -0.310 e. The van der Waals surface area contributed by atoms with E-state index in [0.717, 1.165) is 17.1 Å². The van der Waals surface area contributed by atoms with Crippen LogP contribution in [-0.4, -0.2) is 0 Å². The molecule has 1 heteroatoms. The Morgan fingerprint density at radius 2 is 0.676 bits per heavy atom. The van der Waals surface area contributed by atoms with Gasteiger partial charge in [0.2, 0.25) is 0 Å². The third kappa shape index (κ3) is 5.11. The molecule has 0 heterocycles. The number of hydrogen-bond donors (Lipinski definition) is 0. The van der Waals surface area contributed by atoms with Gasteiger partial charge in [-0.3, -0.25) is 0 Å². The normalized spacial score (nSPS) is 13.1. The summed E-state index contributed by atoms with van der Waals surface area (Å²) in [5.41, 5.74) is 16.1. The predicted molar refractivity (Wildman–Crippen MR) is 288 cm³/mol. The summed E-state index contributed by atoms with van der Waals surface area (Å²) in [5.74, 6) is 0. The quantitative estimate of drug-likeness (QED) is 0.123. The second-order valence-corrected chi connectivity index (χ2v) is 18.7. The van der Waals surface area contributed by atoms with Gasteiger partial charge in [-0.1, -0.05) is 200 Å². The molecule has 0 N–H and O–H groups in total. The van der Waals surface area contributed by atoms with Crippen molar-refractivity contribution in [2.24, 2.45) is 0 Å². The van der Waals surface area contributed by atoms with Crippen molar-refractivity contribution in [3.05, 3.63) is 271 Å². The van der Waals surface area contributed by atoms with Gasteiger partial charge in [0.1, 0.15) is 0 Å². The topological polar surface area (TPSA) is 3.24 Å². The molecule has 2 aliphatic rings. The average molecular weight is 860 g/mol. The molecule has 314 valence electrons. The molecule has 0 unspecified atom stereocenters. The lowest BCUT2D eigenvalue weighted by atomic mass is 9.69. The van der Waals surface area contributed by atoms with Crippen molar-refractivity contribution in [1.82, 2.24) is 0 Å². The number of hydrogen-bond acceptors (Lipinski definition) is 1. The van der Waals surface area contributed by atoms with Crippen molar-refractivity contribution in [3.63, 3.8) is 0 Å². The Kier molecular flexibility index (Phi) is 7.77. The Balaban J connectivity index is 0.938. The van der Waals surface area contributed by atoms with Gasteiger partial charge in [-0.25, -0.2) is 0 Å². The molecule has 0 fully saturated rings. The van der Waals surface area contributed by atoms with Crippen molar-refractivity contribution < 1.29 is 0 Å². The van der Waals surface area contributed by atoms with Crippen LogP contribution in [0.2, 0.25) is 0 Å². The van der Waals surface area contributed by atoms with Crippen LogP contribution >= 0.6 is 0 Å². The van der Waals surface area contributed by atoms with Crippen LogP contribution in [0, 0.1) is 0 Å². The first-order valence-electron chi connectivity index (χ1n) is 23.7. The Labute approximate surface area is 394 Å². The molecule has 0 amide bonds. The van der Waals surface area contributed by atoms with E-state index < -0.39 is 5.41 Å². The zero-order valence-electron chi connectivity index (χ0n) is 37.1. The Bertz CT molecular complexity index is 4090. The summed E-state index contributed by atoms with van der Waals surface area (Å²) in [6, 6.07) is 93.2. The molecule has 13 aromatic carbocycles. The fraction of sp³-hybridized carbons (Fsp3) is 0.0149. The third-order valence-corrected chi connectivity index (χ3v) is 15.3. The minimum absolute atomic E-state index is 0.425. The van der Waals surface area contributed by atoms with Crippen LogP contribution < -0.4 is 4.90 Å². The molecular formula is C67H41N. The van der Waals surface area contributed by atoms with E-state index in [-0.39, 0.29) is 0 Å². The standard InChI is InChI=1S/C67H41N/c1-3-16-46-39-51(36-30-42(46)14-1)68(52-37-31-43-15-2-4-17-47(43)40-52)50-34-32-45(33-35-50)63-55-21-5-7-23-57(55)64(58-24-8-6-22-56(58)63)49-38-48-29-28-44-18-13-27-61-65(44)66(48)62(41-49)67(61)59-25-11-9-19-53(59)54-20-10-12-26-60(54)67/h1-41H. The van der Waals surface area contributed by atoms with E-state index in [1.54, 1.807) is 0 Å². The van der Waals surface area contributed by atoms with E-state index in [1.807, 2.05) is 0 Å². The van der Waals surface area contributed by atoms with Crippen LogP contribution in [0.15, 0.2) is 249 Å². The Morgan fingerprint density at radius 1 is 0.250 bits per heavy atom. The summed E-state index contributed by atoms with van der Waals surface area (Å²) < 4.78 is 0. The summed E-state index contributed by atoms with van der Waals surface area (Å²) in [5, 5.41) is 15.2. The Morgan fingerprint density at radius 3 is 1.26 bits per heavy atom. The van der Waals surface area contributed by atoms with Crippen LogP contribution in [0.25, 0.3) is 98.0 Å². The highest BCUT2D eigenvalue weighted by atomic mass is 15.1. The minimum atomic E-state index is -0.425. The van der Waals surface area contributed by atoms with Gasteiger partial charge in [-0.2, -0.15) is 0 Å². The molecule has 13 aromatic rings. The molecular weight excluding hydrogens is 819 g/mol.